The average Bonchev–Trinajstić information content (AvgIpc) is 2.30. The molecule has 0 saturated heterocycles. The number of anilines is 1. The van der Waals surface area contributed by atoms with Gasteiger partial charge in [0.25, 0.3) is 0 Å². The number of hydrogen-bond acceptors (Lipinski definition) is 3. The molecule has 1 atom stereocenters. The first kappa shape index (κ1) is 12.8. The van der Waals surface area contributed by atoms with Crippen LogP contribution in [-0.2, 0) is 4.79 Å². The molecule has 0 fully saturated rings. The Hall–Kier alpha value is -1.26. The topological polar surface area (TPSA) is 64.3 Å². The lowest BCUT2D eigenvalue weighted by atomic mass is 10.1. The Kier molecular flexibility index (Phi) is 4.58. The summed E-state index contributed by atoms with van der Waals surface area (Å²) in [6.45, 7) is 2.06. The molecule has 0 radical (unpaired) electrons. The summed E-state index contributed by atoms with van der Waals surface area (Å²) < 4.78 is 5.01. The quantitative estimate of drug-likeness (QED) is 0.847. The molecule has 0 heterocycles. The molecule has 16 heavy (non-hydrogen) atoms. The maximum Gasteiger partial charge on any atom is 0.228 e. The molecule has 0 aliphatic carbocycles. The minimum Gasteiger partial charge on any atom is -0.497 e. The van der Waals surface area contributed by atoms with E-state index in [1.165, 1.54) is 0 Å². The molecule has 1 unspecified atom stereocenters. The zero-order chi connectivity index (χ0) is 12.1. The zero-order valence-corrected chi connectivity index (χ0v) is 10.0. The fourth-order valence-electron chi connectivity index (χ4n) is 1.09. The first-order valence-electron chi connectivity index (χ1n) is 4.93. The Labute approximate surface area is 99.7 Å². The normalized spacial score (nSPS) is 12.0. The van der Waals surface area contributed by atoms with Crippen molar-refractivity contribution in [3.05, 3.63) is 23.2 Å². The molecule has 0 aliphatic heterocycles. The highest BCUT2D eigenvalue weighted by molar-refractivity contribution is 6.33. The molecule has 1 rings (SSSR count). The Morgan fingerprint density at radius 3 is 2.81 bits per heavy atom. The van der Waals surface area contributed by atoms with E-state index in [0.717, 1.165) is 0 Å². The summed E-state index contributed by atoms with van der Waals surface area (Å²) in [6, 6.07) is 5.07. The van der Waals surface area contributed by atoms with Crippen molar-refractivity contribution in [2.75, 3.05) is 19.0 Å². The van der Waals surface area contributed by atoms with E-state index >= 15 is 0 Å². The summed E-state index contributed by atoms with van der Waals surface area (Å²) in [5.41, 5.74) is 5.96. The van der Waals surface area contributed by atoms with Gasteiger partial charge in [-0.3, -0.25) is 4.79 Å². The number of ether oxygens (including phenoxy) is 1. The fourth-order valence-corrected chi connectivity index (χ4v) is 1.30. The summed E-state index contributed by atoms with van der Waals surface area (Å²) in [5, 5.41) is 3.15. The summed E-state index contributed by atoms with van der Waals surface area (Å²) >= 11 is 5.97. The monoisotopic (exact) mass is 242 g/mol. The Bertz CT molecular complexity index is 382. The Morgan fingerprint density at radius 1 is 1.62 bits per heavy atom. The van der Waals surface area contributed by atoms with Gasteiger partial charge in [0.05, 0.1) is 17.8 Å². The van der Waals surface area contributed by atoms with E-state index in [1.54, 1.807) is 32.2 Å². The van der Waals surface area contributed by atoms with Crippen molar-refractivity contribution in [1.29, 1.82) is 0 Å². The van der Waals surface area contributed by atoms with Gasteiger partial charge in [0.1, 0.15) is 5.75 Å². The van der Waals surface area contributed by atoms with Gasteiger partial charge in [-0.05, 0) is 12.1 Å². The van der Waals surface area contributed by atoms with Crippen LogP contribution in [0.25, 0.3) is 0 Å². The molecule has 5 heteroatoms. The van der Waals surface area contributed by atoms with Crippen LogP contribution in [0.3, 0.4) is 0 Å². The van der Waals surface area contributed by atoms with E-state index in [0.29, 0.717) is 23.0 Å². The van der Waals surface area contributed by atoms with Crippen molar-refractivity contribution in [3.63, 3.8) is 0 Å². The van der Waals surface area contributed by atoms with Gasteiger partial charge in [0.2, 0.25) is 5.91 Å². The van der Waals surface area contributed by atoms with Crippen LogP contribution >= 0.6 is 11.6 Å². The number of methoxy groups -OCH3 is 1. The first-order chi connectivity index (χ1) is 7.58. The molecular weight excluding hydrogens is 228 g/mol. The SMILES string of the molecule is COc1ccc(NC(=O)C(C)CN)c(Cl)c1. The van der Waals surface area contributed by atoms with Crippen LogP contribution in [0.4, 0.5) is 5.69 Å². The highest BCUT2D eigenvalue weighted by atomic mass is 35.5. The summed E-state index contributed by atoms with van der Waals surface area (Å²) in [6.07, 6.45) is 0. The third kappa shape index (κ3) is 3.12. The Balaban J connectivity index is 2.78. The van der Waals surface area contributed by atoms with Gasteiger partial charge in [0.15, 0.2) is 0 Å². The highest BCUT2D eigenvalue weighted by Crippen LogP contribution is 2.26. The number of rotatable bonds is 4. The van der Waals surface area contributed by atoms with Gasteiger partial charge < -0.3 is 15.8 Å². The molecule has 0 saturated carbocycles. The molecular formula is C11H15ClN2O2. The second-order valence-corrected chi connectivity index (χ2v) is 3.88. The molecule has 1 aromatic rings. The number of carbonyl (C=O) groups excluding carboxylic acids is 1. The van der Waals surface area contributed by atoms with Crippen molar-refractivity contribution in [2.24, 2.45) is 11.7 Å². The third-order valence-electron chi connectivity index (χ3n) is 2.24. The van der Waals surface area contributed by atoms with Crippen LogP contribution in [0.2, 0.25) is 5.02 Å². The highest BCUT2D eigenvalue weighted by Gasteiger charge is 2.12. The van der Waals surface area contributed by atoms with Crippen molar-refractivity contribution < 1.29 is 9.53 Å². The molecule has 1 aromatic carbocycles. The van der Waals surface area contributed by atoms with Crippen molar-refractivity contribution in [3.8, 4) is 5.75 Å². The van der Waals surface area contributed by atoms with Gasteiger partial charge in [-0.1, -0.05) is 18.5 Å². The molecule has 88 valence electrons. The zero-order valence-electron chi connectivity index (χ0n) is 9.29. The van der Waals surface area contributed by atoms with Crippen LogP contribution in [-0.4, -0.2) is 19.6 Å². The van der Waals surface area contributed by atoms with Crippen molar-refractivity contribution in [1.82, 2.24) is 0 Å². The number of amides is 1. The molecule has 0 aromatic heterocycles. The molecule has 0 bridgehead atoms. The molecule has 3 N–H and O–H groups in total. The predicted molar refractivity (Wildman–Crippen MR) is 64.9 cm³/mol. The van der Waals surface area contributed by atoms with E-state index in [-0.39, 0.29) is 11.8 Å². The molecule has 0 aliphatic rings. The molecule has 1 amide bonds. The van der Waals surface area contributed by atoms with E-state index in [1.807, 2.05) is 0 Å². The maximum atomic E-state index is 11.6. The van der Waals surface area contributed by atoms with E-state index in [2.05, 4.69) is 5.32 Å². The van der Waals surface area contributed by atoms with Crippen LogP contribution < -0.4 is 15.8 Å². The second-order valence-electron chi connectivity index (χ2n) is 3.47. The molecule has 0 spiro atoms. The van der Waals surface area contributed by atoms with Gasteiger partial charge in [-0.2, -0.15) is 0 Å². The van der Waals surface area contributed by atoms with Crippen LogP contribution in [0, 0.1) is 5.92 Å². The standard InChI is InChI=1S/C11H15ClN2O2/c1-7(6-13)11(15)14-10-4-3-8(16-2)5-9(10)12/h3-5,7H,6,13H2,1-2H3,(H,14,15). The lowest BCUT2D eigenvalue weighted by Gasteiger charge is -2.11. The van der Waals surface area contributed by atoms with Crippen molar-refractivity contribution in [2.45, 2.75) is 6.92 Å². The first-order valence-corrected chi connectivity index (χ1v) is 5.30. The van der Waals surface area contributed by atoms with Gasteiger partial charge in [-0.25, -0.2) is 0 Å². The average molecular weight is 243 g/mol. The number of nitrogens with two attached hydrogens (primary N) is 1. The smallest absolute Gasteiger partial charge is 0.228 e. The Morgan fingerprint density at radius 2 is 2.31 bits per heavy atom. The van der Waals surface area contributed by atoms with Gasteiger partial charge in [0, 0.05) is 18.5 Å². The summed E-state index contributed by atoms with van der Waals surface area (Å²) in [4.78, 5) is 11.6. The summed E-state index contributed by atoms with van der Waals surface area (Å²) in [5.74, 6) is 0.266. The van der Waals surface area contributed by atoms with Crippen LogP contribution in [0.15, 0.2) is 18.2 Å². The van der Waals surface area contributed by atoms with E-state index in [4.69, 9.17) is 22.1 Å². The van der Waals surface area contributed by atoms with E-state index < -0.39 is 0 Å². The third-order valence-corrected chi connectivity index (χ3v) is 2.55. The number of hydrogen-bond donors (Lipinski definition) is 2. The van der Waals surface area contributed by atoms with Crippen LogP contribution in [0.1, 0.15) is 6.92 Å². The lowest BCUT2D eigenvalue weighted by Crippen LogP contribution is -2.26. The van der Waals surface area contributed by atoms with E-state index in [9.17, 15) is 4.79 Å². The second kappa shape index (κ2) is 5.72. The van der Waals surface area contributed by atoms with Gasteiger partial charge >= 0.3 is 0 Å². The van der Waals surface area contributed by atoms with Crippen LogP contribution in [0.5, 0.6) is 5.75 Å². The largest absolute Gasteiger partial charge is 0.497 e. The number of benzene rings is 1. The lowest BCUT2D eigenvalue weighted by molar-refractivity contribution is -0.119. The number of carbonyl (C=O) groups is 1. The maximum absolute atomic E-state index is 11.6. The summed E-state index contributed by atoms with van der Waals surface area (Å²) in [7, 11) is 1.56. The van der Waals surface area contributed by atoms with Gasteiger partial charge in [-0.15, -0.1) is 0 Å². The van der Waals surface area contributed by atoms with Crippen molar-refractivity contribution >= 4 is 23.2 Å². The number of halogens is 1. The predicted octanol–water partition coefficient (Wildman–Crippen LogP) is 1.88. The minimum absolute atomic E-state index is 0.144. The minimum atomic E-state index is -0.238. The number of nitrogens with one attached hydrogen (secondary N) is 1. The molecule has 4 nitrogen and oxygen atoms in total. The fraction of sp³-hybridized carbons (Fsp3) is 0.364.